The Bertz CT molecular complexity index is 1590. The van der Waals surface area contributed by atoms with E-state index in [4.69, 9.17) is 19.2 Å². The average molecular weight is 545 g/mol. The number of carbonyl (C=O) groups is 1. The molecule has 1 unspecified atom stereocenters. The lowest BCUT2D eigenvalue weighted by molar-refractivity contribution is -0.134. The van der Waals surface area contributed by atoms with Crippen LogP contribution < -0.4 is 4.74 Å². The molecular formula is C30H36N4O4Si. The van der Waals surface area contributed by atoms with Gasteiger partial charge in [0.1, 0.15) is 18.3 Å². The van der Waals surface area contributed by atoms with Crippen LogP contribution in [0.2, 0.25) is 25.7 Å². The number of aromatic amines is 1. The van der Waals surface area contributed by atoms with E-state index in [0.717, 1.165) is 33.6 Å². The quantitative estimate of drug-likeness (QED) is 0.113. The summed E-state index contributed by atoms with van der Waals surface area (Å²) < 4.78 is 19.1. The highest BCUT2D eigenvalue weighted by Gasteiger charge is 2.37. The summed E-state index contributed by atoms with van der Waals surface area (Å²) in [6.45, 7) is 11.9. The first-order chi connectivity index (χ1) is 18.5. The first kappa shape index (κ1) is 28.1. The normalized spacial score (nSPS) is 13.6. The van der Waals surface area contributed by atoms with Crippen LogP contribution in [-0.2, 0) is 26.4 Å². The number of allylic oxidation sites excluding steroid dienone is 1. The number of imidazole rings is 1. The summed E-state index contributed by atoms with van der Waals surface area (Å²) in [5.41, 5.74) is 3.96. The number of nitrogens with one attached hydrogen (secondary N) is 1. The van der Waals surface area contributed by atoms with Gasteiger partial charge in [0, 0.05) is 43.4 Å². The van der Waals surface area contributed by atoms with E-state index in [1.807, 2.05) is 48.9 Å². The van der Waals surface area contributed by atoms with Crippen molar-refractivity contribution < 1.29 is 19.0 Å². The van der Waals surface area contributed by atoms with E-state index in [9.17, 15) is 10.1 Å². The van der Waals surface area contributed by atoms with Crippen molar-refractivity contribution >= 4 is 36.0 Å². The van der Waals surface area contributed by atoms with E-state index in [1.165, 1.54) is 13.2 Å². The summed E-state index contributed by atoms with van der Waals surface area (Å²) in [5, 5.41) is 10.5. The Morgan fingerprint density at radius 1 is 1.23 bits per heavy atom. The number of nitriles is 1. The fourth-order valence-corrected chi connectivity index (χ4v) is 5.66. The zero-order valence-corrected chi connectivity index (χ0v) is 24.7. The Kier molecular flexibility index (Phi) is 8.00. The fourth-order valence-electron chi connectivity index (χ4n) is 4.91. The van der Waals surface area contributed by atoms with Crippen molar-refractivity contribution in [2.24, 2.45) is 0 Å². The van der Waals surface area contributed by atoms with E-state index >= 15 is 0 Å². The molecule has 0 saturated heterocycles. The Hall–Kier alpha value is -3.87. The third-order valence-corrected chi connectivity index (χ3v) is 8.76. The van der Waals surface area contributed by atoms with Crippen LogP contribution >= 0.6 is 0 Å². The maximum atomic E-state index is 12.4. The molecule has 204 valence electrons. The Labute approximate surface area is 230 Å². The number of carbonyl (C=O) groups excluding carboxylic acids is 1. The largest absolute Gasteiger partial charge is 0.496 e. The van der Waals surface area contributed by atoms with Crippen LogP contribution in [0.3, 0.4) is 0 Å². The number of ether oxygens (including phenoxy) is 3. The molecule has 0 fully saturated rings. The molecule has 0 aliphatic heterocycles. The molecule has 0 spiro atoms. The first-order valence-corrected chi connectivity index (χ1v) is 16.6. The molecule has 1 atom stereocenters. The molecule has 4 rings (SSSR count). The van der Waals surface area contributed by atoms with Crippen molar-refractivity contribution in [2.45, 2.75) is 51.7 Å². The number of rotatable bonds is 10. The number of hydrogen-bond acceptors (Lipinski definition) is 6. The molecule has 0 aliphatic carbocycles. The van der Waals surface area contributed by atoms with Gasteiger partial charge < -0.3 is 23.8 Å². The smallest absolute Gasteiger partial charge is 0.330 e. The van der Waals surface area contributed by atoms with Crippen molar-refractivity contribution in [1.29, 1.82) is 5.26 Å². The molecule has 9 heteroatoms. The molecule has 0 saturated carbocycles. The predicted molar refractivity (Wildman–Crippen MR) is 156 cm³/mol. The molecule has 0 aliphatic rings. The van der Waals surface area contributed by atoms with Gasteiger partial charge in [0.25, 0.3) is 0 Å². The van der Waals surface area contributed by atoms with Gasteiger partial charge in [0.2, 0.25) is 0 Å². The number of aromatic nitrogens is 3. The maximum Gasteiger partial charge on any atom is 0.330 e. The Morgan fingerprint density at radius 3 is 2.67 bits per heavy atom. The molecule has 1 N–H and O–H groups in total. The molecule has 2 heterocycles. The standard InChI is InChI=1S/C30H36N4O4Si/c1-20-16-25(36-3)27(22-11-13-32-28(20)22)30(2,12-10-26(35)37-4)29-33-23-17-21(18-31)8-9-24(23)34(29)19-38-14-15-39(5,6)7/h8-13,16-17,32H,14-15,19H2,1-7H3. The van der Waals surface area contributed by atoms with Crippen LogP contribution in [0.4, 0.5) is 0 Å². The topological polar surface area (TPSA) is 102 Å². The summed E-state index contributed by atoms with van der Waals surface area (Å²) in [6, 6.07) is 12.7. The van der Waals surface area contributed by atoms with Crippen LogP contribution in [0.5, 0.6) is 5.75 Å². The summed E-state index contributed by atoms with van der Waals surface area (Å²) in [6.07, 6.45) is 5.13. The third-order valence-electron chi connectivity index (χ3n) is 7.06. The van der Waals surface area contributed by atoms with Crippen molar-refractivity contribution in [3.8, 4) is 11.8 Å². The summed E-state index contributed by atoms with van der Waals surface area (Å²) >= 11 is 0. The third kappa shape index (κ3) is 5.63. The lowest BCUT2D eigenvalue weighted by atomic mass is 9.78. The van der Waals surface area contributed by atoms with Crippen molar-refractivity contribution in [3.63, 3.8) is 0 Å². The minimum atomic E-state index is -1.29. The Balaban J connectivity index is 2.00. The number of aryl methyl sites for hydroxylation is 1. The fraction of sp³-hybridized carbons (Fsp3) is 0.367. The van der Waals surface area contributed by atoms with Gasteiger partial charge in [-0.1, -0.05) is 25.7 Å². The van der Waals surface area contributed by atoms with Crippen molar-refractivity contribution in [2.75, 3.05) is 20.8 Å². The molecule has 8 nitrogen and oxygen atoms in total. The molecule has 4 aromatic rings. The van der Waals surface area contributed by atoms with E-state index in [0.29, 0.717) is 29.3 Å². The van der Waals surface area contributed by atoms with Crippen LogP contribution in [0.1, 0.15) is 29.4 Å². The predicted octanol–water partition coefficient (Wildman–Crippen LogP) is 6.05. The van der Waals surface area contributed by atoms with Gasteiger partial charge in [-0.15, -0.1) is 0 Å². The number of fused-ring (bicyclic) bond motifs is 2. The molecule has 2 aromatic carbocycles. The second kappa shape index (κ2) is 11.1. The van der Waals surface area contributed by atoms with Crippen LogP contribution in [0.25, 0.3) is 21.9 Å². The van der Waals surface area contributed by atoms with Crippen LogP contribution in [0.15, 0.2) is 48.7 Å². The molecular weight excluding hydrogens is 508 g/mol. The average Bonchev–Trinajstić information content (AvgIpc) is 3.54. The summed E-state index contributed by atoms with van der Waals surface area (Å²) in [5.74, 6) is 0.858. The van der Waals surface area contributed by atoms with Crippen LogP contribution in [0, 0.1) is 18.3 Å². The number of methoxy groups -OCH3 is 2. The minimum Gasteiger partial charge on any atom is -0.496 e. The second-order valence-electron chi connectivity index (χ2n) is 11.1. The Morgan fingerprint density at radius 2 is 2.00 bits per heavy atom. The highest BCUT2D eigenvalue weighted by Crippen LogP contribution is 2.44. The zero-order chi connectivity index (χ0) is 28.4. The number of benzene rings is 2. The van der Waals surface area contributed by atoms with Gasteiger partial charge in [-0.2, -0.15) is 5.26 Å². The molecule has 39 heavy (non-hydrogen) atoms. The van der Waals surface area contributed by atoms with E-state index in [1.54, 1.807) is 19.2 Å². The number of hydrogen-bond donors (Lipinski definition) is 1. The van der Waals surface area contributed by atoms with E-state index in [-0.39, 0.29) is 6.73 Å². The molecule has 0 bridgehead atoms. The van der Waals surface area contributed by atoms with Crippen molar-refractivity contribution in [1.82, 2.24) is 14.5 Å². The van der Waals surface area contributed by atoms with E-state index in [2.05, 4.69) is 30.7 Å². The summed E-state index contributed by atoms with van der Waals surface area (Å²) in [4.78, 5) is 20.8. The summed E-state index contributed by atoms with van der Waals surface area (Å²) in [7, 11) is 1.71. The highest BCUT2D eigenvalue weighted by molar-refractivity contribution is 6.76. The SMILES string of the molecule is COC(=O)C=CC(C)(c1c(OC)cc(C)c2[nH]ccc12)c1nc2cc(C#N)ccc2n1COCC[Si](C)(C)C. The van der Waals surface area contributed by atoms with Gasteiger partial charge in [-0.25, -0.2) is 9.78 Å². The maximum absolute atomic E-state index is 12.4. The molecule has 0 radical (unpaired) electrons. The van der Waals surface area contributed by atoms with Gasteiger partial charge in [0.05, 0.1) is 42.3 Å². The monoisotopic (exact) mass is 544 g/mol. The minimum absolute atomic E-state index is 0.272. The lowest BCUT2D eigenvalue weighted by Gasteiger charge is -2.30. The zero-order valence-electron chi connectivity index (χ0n) is 23.7. The highest BCUT2D eigenvalue weighted by atomic mass is 28.3. The van der Waals surface area contributed by atoms with Gasteiger partial charge in [-0.3, -0.25) is 0 Å². The van der Waals surface area contributed by atoms with Crippen LogP contribution in [-0.4, -0.2) is 49.4 Å². The van der Waals surface area contributed by atoms with Gasteiger partial charge in [-0.05, 0) is 55.8 Å². The molecule has 0 amide bonds. The number of esters is 1. The first-order valence-electron chi connectivity index (χ1n) is 12.9. The van der Waals surface area contributed by atoms with E-state index < -0.39 is 19.5 Å². The van der Waals surface area contributed by atoms with Gasteiger partial charge in [0.15, 0.2) is 0 Å². The second-order valence-corrected chi connectivity index (χ2v) is 16.7. The lowest BCUT2D eigenvalue weighted by Crippen LogP contribution is -2.28. The van der Waals surface area contributed by atoms with Crippen molar-refractivity contribution in [3.05, 3.63) is 71.2 Å². The number of H-pyrrole nitrogens is 1. The van der Waals surface area contributed by atoms with Gasteiger partial charge >= 0.3 is 5.97 Å². The number of nitrogens with zero attached hydrogens (tertiary/aromatic N) is 3. The molecule has 2 aromatic heterocycles.